The van der Waals surface area contributed by atoms with Crippen LogP contribution in [0, 0.1) is 0 Å². The van der Waals surface area contributed by atoms with Crippen molar-refractivity contribution in [1.29, 1.82) is 0 Å². The molecule has 0 aromatic carbocycles. The molecule has 81 heavy (non-hydrogen) atoms. The summed E-state index contributed by atoms with van der Waals surface area (Å²) >= 11 is 0. The molecular weight excluding hydrogens is 997 g/mol. The molecule has 0 aliphatic heterocycles. The lowest BCUT2D eigenvalue weighted by molar-refractivity contribution is -0.167. The van der Waals surface area contributed by atoms with Gasteiger partial charge in [-0.3, -0.25) is 14.4 Å². The Morgan fingerprint density at radius 3 is 0.728 bits per heavy atom. The van der Waals surface area contributed by atoms with Crippen LogP contribution < -0.4 is 0 Å². The molecule has 1 atom stereocenters. The summed E-state index contributed by atoms with van der Waals surface area (Å²) in [5.74, 6) is -0.869. The van der Waals surface area contributed by atoms with E-state index in [-0.39, 0.29) is 31.1 Å². The van der Waals surface area contributed by atoms with Crippen LogP contribution in [-0.4, -0.2) is 37.2 Å². The third-order valence-corrected chi connectivity index (χ3v) is 16.0. The first-order valence-electron chi connectivity index (χ1n) is 35.8. The van der Waals surface area contributed by atoms with Crippen LogP contribution >= 0.6 is 0 Å². The highest BCUT2D eigenvalue weighted by Crippen LogP contribution is 2.18. The molecule has 0 bridgehead atoms. The first-order valence-corrected chi connectivity index (χ1v) is 35.8. The fourth-order valence-corrected chi connectivity index (χ4v) is 10.6. The molecule has 0 fully saturated rings. The van der Waals surface area contributed by atoms with E-state index in [1.165, 1.54) is 257 Å². The van der Waals surface area contributed by atoms with Gasteiger partial charge in [-0.15, -0.1) is 0 Å². The van der Waals surface area contributed by atoms with Gasteiger partial charge in [0.15, 0.2) is 6.10 Å². The van der Waals surface area contributed by atoms with E-state index >= 15 is 0 Å². The molecule has 0 aliphatic carbocycles. The molecule has 0 saturated carbocycles. The Labute approximate surface area is 504 Å². The van der Waals surface area contributed by atoms with Crippen molar-refractivity contribution in [2.75, 3.05) is 13.2 Å². The maximum Gasteiger partial charge on any atom is 0.306 e. The van der Waals surface area contributed by atoms with E-state index in [2.05, 4.69) is 81.5 Å². The van der Waals surface area contributed by atoms with Crippen molar-refractivity contribution in [2.45, 2.75) is 386 Å². The highest BCUT2D eigenvalue weighted by Gasteiger charge is 2.19. The minimum atomic E-state index is -0.784. The van der Waals surface area contributed by atoms with Gasteiger partial charge in [0, 0.05) is 19.3 Å². The molecule has 0 amide bonds. The van der Waals surface area contributed by atoms with Crippen LogP contribution in [0.2, 0.25) is 0 Å². The van der Waals surface area contributed by atoms with Gasteiger partial charge in [0.05, 0.1) is 0 Å². The van der Waals surface area contributed by atoms with E-state index in [0.29, 0.717) is 19.3 Å². The smallest absolute Gasteiger partial charge is 0.306 e. The summed E-state index contributed by atoms with van der Waals surface area (Å²) in [5, 5.41) is 0. The van der Waals surface area contributed by atoms with Gasteiger partial charge in [0.1, 0.15) is 13.2 Å². The third-order valence-electron chi connectivity index (χ3n) is 16.0. The molecule has 0 saturated heterocycles. The fourth-order valence-electron chi connectivity index (χ4n) is 10.6. The lowest BCUT2D eigenvalue weighted by Crippen LogP contribution is -2.30. The number of hydrogen-bond acceptors (Lipinski definition) is 6. The number of hydrogen-bond donors (Lipinski definition) is 0. The summed E-state index contributed by atoms with van der Waals surface area (Å²) in [7, 11) is 0. The molecular formula is C75H136O6. The molecule has 0 heterocycles. The lowest BCUT2D eigenvalue weighted by Gasteiger charge is -2.18. The van der Waals surface area contributed by atoms with Crippen molar-refractivity contribution in [3.8, 4) is 0 Å². The van der Waals surface area contributed by atoms with Crippen molar-refractivity contribution in [3.63, 3.8) is 0 Å². The fraction of sp³-hybridized carbons (Fsp3) is 0.827. The lowest BCUT2D eigenvalue weighted by atomic mass is 10.0. The number of allylic oxidation sites excluding steroid dienone is 10. The first-order chi connectivity index (χ1) is 40.0. The van der Waals surface area contributed by atoms with Crippen molar-refractivity contribution < 1.29 is 28.6 Å². The maximum absolute atomic E-state index is 13.0. The molecule has 6 nitrogen and oxygen atoms in total. The minimum Gasteiger partial charge on any atom is -0.462 e. The topological polar surface area (TPSA) is 78.9 Å². The quantitative estimate of drug-likeness (QED) is 0.0261. The van der Waals surface area contributed by atoms with Crippen LogP contribution in [0.15, 0.2) is 60.8 Å². The van der Waals surface area contributed by atoms with Gasteiger partial charge >= 0.3 is 17.9 Å². The molecule has 472 valence electrons. The average molecular weight is 1130 g/mol. The van der Waals surface area contributed by atoms with Crippen molar-refractivity contribution in [1.82, 2.24) is 0 Å². The Kier molecular flexibility index (Phi) is 67.1. The Balaban J connectivity index is 4.33. The zero-order valence-electron chi connectivity index (χ0n) is 54.3. The molecule has 0 radical (unpaired) electrons. The number of unbranched alkanes of at least 4 members (excludes halogenated alkanes) is 45. The van der Waals surface area contributed by atoms with Gasteiger partial charge in [0.2, 0.25) is 0 Å². The summed E-state index contributed by atoms with van der Waals surface area (Å²) in [5.41, 5.74) is 0. The molecule has 0 aromatic heterocycles. The van der Waals surface area contributed by atoms with Crippen LogP contribution in [0.4, 0.5) is 0 Å². The number of ether oxygens (including phenoxy) is 3. The summed E-state index contributed by atoms with van der Waals surface area (Å²) in [6.45, 7) is 6.66. The standard InChI is InChI=1S/C75H136O6/c1-4-7-10-13-16-19-22-25-28-31-34-35-36-37-38-39-42-44-47-50-53-56-59-62-65-68-74(77)80-71-72(81-75(78)69-66-63-60-57-54-51-48-45-41-33-30-27-24-21-18-15-12-9-6-3)70-79-73(76)67-64-61-58-55-52-49-46-43-40-32-29-26-23-20-17-14-11-8-5-2/h18,21,26-27,29-31,34,41,45,72H,4-17,19-20,22-25,28,32-33,35-40,42-44,46-71H2,1-3H3/b21-18-,29-26-,30-27-,34-31-,45-41-. The Morgan fingerprint density at radius 2 is 0.444 bits per heavy atom. The van der Waals surface area contributed by atoms with Gasteiger partial charge in [-0.1, -0.05) is 313 Å². The van der Waals surface area contributed by atoms with E-state index in [0.717, 1.165) is 83.5 Å². The predicted molar refractivity (Wildman–Crippen MR) is 353 cm³/mol. The van der Waals surface area contributed by atoms with Crippen LogP contribution in [-0.2, 0) is 28.6 Å². The SMILES string of the molecule is CCCCC/C=C\C/C=C\C/C=C\CCCCCCCCC(=O)OC(COC(=O)CCCCCCCCCCC/C=C\CCCCCCCC)COC(=O)CCCCCCCCCCCCCCC/C=C\CCCCCCCCCC. The Hall–Kier alpha value is -2.89. The van der Waals surface area contributed by atoms with Crippen LogP contribution in [0.3, 0.4) is 0 Å². The van der Waals surface area contributed by atoms with Crippen LogP contribution in [0.1, 0.15) is 380 Å². The molecule has 0 aromatic rings. The van der Waals surface area contributed by atoms with Gasteiger partial charge in [-0.2, -0.15) is 0 Å². The normalized spacial score (nSPS) is 12.4. The van der Waals surface area contributed by atoms with Gasteiger partial charge in [-0.25, -0.2) is 0 Å². The largest absolute Gasteiger partial charge is 0.462 e. The highest BCUT2D eigenvalue weighted by atomic mass is 16.6. The second-order valence-corrected chi connectivity index (χ2v) is 24.1. The minimum absolute atomic E-state index is 0.0775. The third kappa shape index (κ3) is 67.8. The van der Waals surface area contributed by atoms with E-state index in [4.69, 9.17) is 14.2 Å². The molecule has 1 unspecified atom stereocenters. The van der Waals surface area contributed by atoms with Gasteiger partial charge < -0.3 is 14.2 Å². The van der Waals surface area contributed by atoms with E-state index in [1.54, 1.807) is 0 Å². The van der Waals surface area contributed by atoms with Crippen molar-refractivity contribution >= 4 is 17.9 Å². The van der Waals surface area contributed by atoms with Gasteiger partial charge in [-0.05, 0) is 109 Å². The van der Waals surface area contributed by atoms with Crippen molar-refractivity contribution in [3.05, 3.63) is 60.8 Å². The van der Waals surface area contributed by atoms with Crippen molar-refractivity contribution in [2.24, 2.45) is 0 Å². The van der Waals surface area contributed by atoms with Crippen LogP contribution in [0.5, 0.6) is 0 Å². The number of rotatable bonds is 66. The zero-order valence-corrected chi connectivity index (χ0v) is 54.3. The number of esters is 3. The molecule has 0 spiro atoms. The number of carbonyl (C=O) groups is 3. The average Bonchev–Trinajstić information content (AvgIpc) is 3.47. The zero-order chi connectivity index (χ0) is 58.5. The summed E-state index contributed by atoms with van der Waals surface area (Å²) in [4.78, 5) is 38.5. The van der Waals surface area contributed by atoms with E-state index in [9.17, 15) is 14.4 Å². The first kappa shape index (κ1) is 78.1. The second-order valence-electron chi connectivity index (χ2n) is 24.1. The summed E-state index contributed by atoms with van der Waals surface area (Å²) in [6.07, 6.45) is 89.5. The number of carbonyl (C=O) groups excluding carboxylic acids is 3. The maximum atomic E-state index is 13.0. The van der Waals surface area contributed by atoms with E-state index in [1.807, 2.05) is 0 Å². The summed E-state index contributed by atoms with van der Waals surface area (Å²) < 4.78 is 17.0. The molecule has 0 N–H and O–H groups in total. The highest BCUT2D eigenvalue weighted by molar-refractivity contribution is 5.71. The Bertz CT molecular complexity index is 1440. The molecule has 0 aliphatic rings. The monoisotopic (exact) mass is 1130 g/mol. The van der Waals surface area contributed by atoms with Gasteiger partial charge in [0.25, 0.3) is 0 Å². The summed E-state index contributed by atoms with van der Waals surface area (Å²) in [6, 6.07) is 0. The molecule has 6 heteroatoms. The van der Waals surface area contributed by atoms with Crippen LogP contribution in [0.25, 0.3) is 0 Å². The predicted octanol–water partition coefficient (Wildman–Crippen LogP) is 24.7. The van der Waals surface area contributed by atoms with E-state index < -0.39 is 6.10 Å². The Morgan fingerprint density at radius 1 is 0.247 bits per heavy atom. The second kappa shape index (κ2) is 69.6. The molecule has 0 rings (SSSR count).